The van der Waals surface area contributed by atoms with Crippen molar-refractivity contribution in [2.45, 2.75) is 13.5 Å². The molecule has 0 unspecified atom stereocenters. The van der Waals surface area contributed by atoms with Crippen molar-refractivity contribution in [3.63, 3.8) is 0 Å². The number of nitrogens with two attached hydrogens (primary N) is 1. The van der Waals surface area contributed by atoms with Crippen LogP contribution in [0.2, 0.25) is 0 Å². The minimum absolute atomic E-state index is 0.435. The Labute approximate surface area is 147 Å². The molecular weight excluding hydrogens is 336 g/mol. The molecule has 3 heterocycles. The molecule has 1 aromatic carbocycles. The van der Waals surface area contributed by atoms with Crippen molar-refractivity contribution < 1.29 is 4.42 Å². The Balaban J connectivity index is 1.56. The SMILES string of the molecule is Cc1ccc2nc(Nc3ncnc(NCc4ccco4)c3N)sc2c1. The van der Waals surface area contributed by atoms with Crippen molar-refractivity contribution in [2.75, 3.05) is 16.4 Å². The number of hydrogen-bond donors (Lipinski definition) is 3. The normalized spacial score (nSPS) is 10.9. The fourth-order valence-corrected chi connectivity index (χ4v) is 3.37. The van der Waals surface area contributed by atoms with Crippen LogP contribution in [0.4, 0.5) is 22.5 Å². The predicted molar refractivity (Wildman–Crippen MR) is 100 cm³/mol. The monoisotopic (exact) mass is 352 g/mol. The minimum atomic E-state index is 0.435. The second kappa shape index (κ2) is 6.40. The summed E-state index contributed by atoms with van der Waals surface area (Å²) in [7, 11) is 0. The van der Waals surface area contributed by atoms with Gasteiger partial charge in [0, 0.05) is 0 Å². The molecule has 0 fully saturated rings. The van der Waals surface area contributed by atoms with E-state index in [0.29, 0.717) is 23.9 Å². The largest absolute Gasteiger partial charge is 0.467 e. The van der Waals surface area contributed by atoms with Crippen molar-refractivity contribution in [3.8, 4) is 0 Å². The standard InChI is InChI=1S/C17H16N6OS/c1-10-4-5-12-13(7-10)25-17(22-12)23-16-14(18)15(20-9-21-16)19-8-11-3-2-6-24-11/h2-7,9H,8,18H2,1H3,(H2,19,20,21,22,23). The molecular formula is C17H16N6OS. The maximum Gasteiger partial charge on any atom is 0.189 e. The zero-order valence-corrected chi connectivity index (χ0v) is 14.3. The van der Waals surface area contributed by atoms with E-state index in [1.807, 2.05) is 24.3 Å². The van der Waals surface area contributed by atoms with Gasteiger partial charge in [0.15, 0.2) is 16.8 Å². The van der Waals surface area contributed by atoms with E-state index in [1.54, 1.807) is 17.6 Å². The smallest absolute Gasteiger partial charge is 0.189 e. The molecule has 0 spiro atoms. The molecule has 4 aromatic rings. The third kappa shape index (κ3) is 3.24. The van der Waals surface area contributed by atoms with Gasteiger partial charge in [0.05, 0.1) is 23.0 Å². The highest BCUT2D eigenvalue weighted by atomic mass is 32.1. The van der Waals surface area contributed by atoms with E-state index < -0.39 is 0 Å². The molecule has 8 heteroatoms. The number of furan rings is 1. The number of hydrogen-bond acceptors (Lipinski definition) is 8. The van der Waals surface area contributed by atoms with Gasteiger partial charge < -0.3 is 20.8 Å². The van der Waals surface area contributed by atoms with Gasteiger partial charge >= 0.3 is 0 Å². The lowest BCUT2D eigenvalue weighted by atomic mass is 10.2. The van der Waals surface area contributed by atoms with Crippen molar-refractivity contribution >= 4 is 44.0 Å². The Bertz CT molecular complexity index is 1010. The van der Waals surface area contributed by atoms with E-state index in [-0.39, 0.29) is 0 Å². The Morgan fingerprint density at radius 2 is 2.08 bits per heavy atom. The molecule has 25 heavy (non-hydrogen) atoms. The molecule has 4 rings (SSSR count). The van der Waals surface area contributed by atoms with Gasteiger partial charge in [-0.2, -0.15) is 0 Å². The number of aryl methyl sites for hydroxylation is 1. The number of nitrogens with zero attached hydrogens (tertiary/aromatic N) is 3. The van der Waals surface area contributed by atoms with E-state index >= 15 is 0 Å². The highest BCUT2D eigenvalue weighted by Crippen LogP contribution is 2.31. The van der Waals surface area contributed by atoms with Gasteiger partial charge in [0.25, 0.3) is 0 Å². The molecule has 126 valence electrons. The molecule has 0 bridgehead atoms. The van der Waals surface area contributed by atoms with E-state index in [2.05, 4.69) is 38.6 Å². The third-order valence-electron chi connectivity index (χ3n) is 3.66. The van der Waals surface area contributed by atoms with Gasteiger partial charge in [-0.3, -0.25) is 0 Å². The van der Waals surface area contributed by atoms with Gasteiger partial charge in [0.2, 0.25) is 0 Å². The van der Waals surface area contributed by atoms with Crippen LogP contribution in [0.5, 0.6) is 0 Å². The second-order valence-corrected chi connectivity index (χ2v) is 6.56. The Morgan fingerprint density at radius 3 is 2.92 bits per heavy atom. The van der Waals surface area contributed by atoms with Crippen LogP contribution in [0.25, 0.3) is 10.2 Å². The first-order chi connectivity index (χ1) is 12.2. The number of aromatic nitrogens is 3. The summed E-state index contributed by atoms with van der Waals surface area (Å²) in [5.74, 6) is 1.87. The van der Waals surface area contributed by atoms with Crippen LogP contribution >= 0.6 is 11.3 Å². The molecule has 4 N–H and O–H groups in total. The number of nitrogens with one attached hydrogen (secondary N) is 2. The Hall–Kier alpha value is -3.13. The Morgan fingerprint density at radius 1 is 1.20 bits per heavy atom. The Kier molecular flexibility index (Phi) is 3.95. The maximum absolute atomic E-state index is 6.19. The zero-order valence-electron chi connectivity index (χ0n) is 13.5. The van der Waals surface area contributed by atoms with E-state index in [1.165, 1.54) is 11.9 Å². The number of anilines is 4. The summed E-state index contributed by atoms with van der Waals surface area (Å²) in [5.41, 5.74) is 8.77. The van der Waals surface area contributed by atoms with Crippen LogP contribution in [0.15, 0.2) is 47.3 Å². The van der Waals surface area contributed by atoms with Gasteiger partial charge in [-0.15, -0.1) is 0 Å². The van der Waals surface area contributed by atoms with Crippen LogP contribution < -0.4 is 16.4 Å². The molecule has 0 radical (unpaired) electrons. The molecule has 0 amide bonds. The lowest BCUT2D eigenvalue weighted by molar-refractivity contribution is 0.518. The molecule has 7 nitrogen and oxygen atoms in total. The highest BCUT2D eigenvalue weighted by Gasteiger charge is 2.11. The first-order valence-corrected chi connectivity index (χ1v) is 8.51. The number of nitrogen functional groups attached to an aromatic ring is 1. The fourth-order valence-electron chi connectivity index (χ4n) is 2.41. The lowest BCUT2D eigenvalue weighted by Crippen LogP contribution is -2.07. The van der Waals surface area contributed by atoms with Gasteiger partial charge in [-0.25, -0.2) is 15.0 Å². The van der Waals surface area contributed by atoms with Crippen LogP contribution in [0.1, 0.15) is 11.3 Å². The summed E-state index contributed by atoms with van der Waals surface area (Å²) in [5, 5.41) is 7.07. The van der Waals surface area contributed by atoms with E-state index in [9.17, 15) is 0 Å². The van der Waals surface area contributed by atoms with Gasteiger partial charge in [0.1, 0.15) is 17.8 Å². The summed E-state index contributed by atoms with van der Waals surface area (Å²) in [4.78, 5) is 13.0. The van der Waals surface area contributed by atoms with Crippen molar-refractivity contribution in [1.82, 2.24) is 15.0 Å². The fraction of sp³-hybridized carbons (Fsp3) is 0.118. The second-order valence-electron chi connectivity index (χ2n) is 5.53. The number of fused-ring (bicyclic) bond motifs is 1. The first-order valence-electron chi connectivity index (χ1n) is 7.70. The topological polar surface area (TPSA) is 102 Å². The number of thiazole rings is 1. The minimum Gasteiger partial charge on any atom is -0.467 e. The summed E-state index contributed by atoms with van der Waals surface area (Å²) < 4.78 is 6.41. The molecule has 0 aliphatic rings. The van der Waals surface area contributed by atoms with Gasteiger partial charge in [-0.1, -0.05) is 17.4 Å². The van der Waals surface area contributed by atoms with Crippen molar-refractivity contribution in [3.05, 3.63) is 54.2 Å². The van der Waals surface area contributed by atoms with Crippen LogP contribution in [-0.4, -0.2) is 15.0 Å². The summed E-state index contributed by atoms with van der Waals surface area (Å²) in [6.45, 7) is 2.56. The molecule has 0 saturated carbocycles. The van der Waals surface area contributed by atoms with Crippen LogP contribution in [0, 0.1) is 6.92 Å². The zero-order chi connectivity index (χ0) is 17.2. The lowest BCUT2D eigenvalue weighted by Gasteiger charge is -2.10. The molecule has 0 saturated heterocycles. The average molecular weight is 352 g/mol. The van der Waals surface area contributed by atoms with Crippen LogP contribution in [-0.2, 0) is 6.54 Å². The molecule has 0 aliphatic carbocycles. The van der Waals surface area contributed by atoms with Gasteiger partial charge in [-0.05, 0) is 36.8 Å². The summed E-state index contributed by atoms with van der Waals surface area (Å²) in [6.07, 6.45) is 3.09. The van der Waals surface area contributed by atoms with E-state index in [4.69, 9.17) is 10.2 Å². The maximum atomic E-state index is 6.19. The summed E-state index contributed by atoms with van der Waals surface area (Å²) >= 11 is 1.56. The summed E-state index contributed by atoms with van der Waals surface area (Å²) in [6, 6.07) is 9.88. The molecule has 0 aliphatic heterocycles. The quantitative estimate of drug-likeness (QED) is 0.500. The molecule has 0 atom stereocenters. The molecule has 3 aromatic heterocycles. The van der Waals surface area contributed by atoms with E-state index in [0.717, 1.165) is 21.1 Å². The predicted octanol–water partition coefficient (Wildman–Crippen LogP) is 3.93. The highest BCUT2D eigenvalue weighted by molar-refractivity contribution is 7.22. The van der Waals surface area contributed by atoms with Crippen molar-refractivity contribution in [2.24, 2.45) is 0 Å². The van der Waals surface area contributed by atoms with Crippen LogP contribution in [0.3, 0.4) is 0 Å². The first kappa shape index (κ1) is 15.4. The average Bonchev–Trinajstić information content (AvgIpc) is 3.24. The number of rotatable bonds is 5. The van der Waals surface area contributed by atoms with Crippen molar-refractivity contribution in [1.29, 1.82) is 0 Å². The third-order valence-corrected chi connectivity index (χ3v) is 4.60. The number of benzene rings is 1.